The molecule has 0 aliphatic heterocycles. The van der Waals surface area contributed by atoms with E-state index in [-0.39, 0.29) is 24.6 Å². The molecule has 0 aliphatic carbocycles. The van der Waals surface area contributed by atoms with Crippen LogP contribution in [0.3, 0.4) is 0 Å². The van der Waals surface area contributed by atoms with Crippen molar-refractivity contribution in [3.63, 3.8) is 0 Å². The van der Waals surface area contributed by atoms with Gasteiger partial charge in [-0.15, -0.1) is 0 Å². The first-order valence-electron chi connectivity index (χ1n) is 8.71. The molecule has 1 rings (SSSR count). The minimum atomic E-state index is -0.467. The molecule has 1 aromatic rings. The molecule has 0 saturated heterocycles. The summed E-state index contributed by atoms with van der Waals surface area (Å²) in [6, 6.07) is 0. The van der Waals surface area contributed by atoms with Crippen LogP contribution in [0.25, 0.3) is 0 Å². The number of hydrogen-bond donors (Lipinski definition) is 3. The number of aliphatic hydroxyl groups is 3. The smallest absolute Gasteiger partial charge is 0.258 e. The van der Waals surface area contributed by atoms with E-state index >= 15 is 0 Å². The number of nitrogens with zero attached hydrogens (tertiary/aromatic N) is 6. The van der Waals surface area contributed by atoms with Crippen LogP contribution >= 0.6 is 0 Å². The minimum absolute atomic E-state index is 0.0430. The second-order valence-corrected chi connectivity index (χ2v) is 5.49. The van der Waals surface area contributed by atoms with E-state index in [1.807, 2.05) is 13.8 Å². The Balaban J connectivity index is 3.11. The fraction of sp³-hybridized carbons (Fsp3) is 0.800. The van der Waals surface area contributed by atoms with E-state index in [1.54, 1.807) is 7.05 Å². The zero-order valence-electron chi connectivity index (χ0n) is 15.7. The summed E-state index contributed by atoms with van der Waals surface area (Å²) in [4.78, 5) is 24.9. The first-order chi connectivity index (χ1) is 12.6. The number of aromatic nitrogens is 3. The van der Waals surface area contributed by atoms with Gasteiger partial charge in [0, 0.05) is 7.05 Å². The van der Waals surface area contributed by atoms with Crippen molar-refractivity contribution in [1.82, 2.24) is 15.0 Å². The SMILES string of the molecule is CCCCON(CO)c1nc(N(C)CO)nc(N(CO)OCCCC)n1. The molecule has 0 spiro atoms. The van der Waals surface area contributed by atoms with E-state index in [0.717, 1.165) is 35.8 Å². The summed E-state index contributed by atoms with van der Waals surface area (Å²) in [6.45, 7) is 3.56. The molecule has 3 N–H and O–H groups in total. The highest BCUT2D eigenvalue weighted by Crippen LogP contribution is 2.19. The lowest BCUT2D eigenvalue weighted by atomic mass is 10.4. The maximum absolute atomic E-state index is 9.57. The second-order valence-electron chi connectivity index (χ2n) is 5.49. The summed E-state index contributed by atoms with van der Waals surface area (Å²) in [5.74, 6) is 0.227. The molecular weight excluding hydrogens is 344 g/mol. The fourth-order valence-electron chi connectivity index (χ4n) is 1.76. The molecule has 1 heterocycles. The molecule has 0 aliphatic rings. The third-order valence-corrected chi connectivity index (χ3v) is 3.35. The molecule has 150 valence electrons. The summed E-state index contributed by atoms with van der Waals surface area (Å²) in [7, 11) is 1.59. The molecular formula is C15H30N6O5. The summed E-state index contributed by atoms with van der Waals surface area (Å²) in [5.41, 5.74) is 0. The summed E-state index contributed by atoms with van der Waals surface area (Å²) >= 11 is 0. The first-order valence-corrected chi connectivity index (χ1v) is 8.71. The maximum atomic E-state index is 9.57. The summed E-state index contributed by atoms with van der Waals surface area (Å²) in [5, 5.41) is 30.7. The van der Waals surface area contributed by atoms with Crippen molar-refractivity contribution in [1.29, 1.82) is 0 Å². The largest absolute Gasteiger partial charge is 0.376 e. The van der Waals surface area contributed by atoms with Crippen LogP contribution in [0.4, 0.5) is 17.8 Å². The predicted octanol–water partition coefficient (Wildman–Crippen LogP) is 0.233. The van der Waals surface area contributed by atoms with Crippen molar-refractivity contribution in [2.45, 2.75) is 39.5 Å². The van der Waals surface area contributed by atoms with E-state index in [4.69, 9.17) is 9.68 Å². The van der Waals surface area contributed by atoms with Crippen LogP contribution in [0, 0.1) is 0 Å². The van der Waals surface area contributed by atoms with Crippen LogP contribution in [0.1, 0.15) is 39.5 Å². The number of rotatable bonds is 14. The normalized spacial score (nSPS) is 10.8. The topological polar surface area (TPSA) is 128 Å². The van der Waals surface area contributed by atoms with E-state index in [0.29, 0.717) is 13.2 Å². The third-order valence-electron chi connectivity index (χ3n) is 3.35. The van der Waals surface area contributed by atoms with Crippen molar-refractivity contribution >= 4 is 17.8 Å². The highest BCUT2D eigenvalue weighted by atomic mass is 16.7. The van der Waals surface area contributed by atoms with Crippen molar-refractivity contribution in [3.8, 4) is 0 Å². The van der Waals surface area contributed by atoms with Crippen LogP contribution < -0.4 is 15.0 Å². The average molecular weight is 374 g/mol. The van der Waals surface area contributed by atoms with Gasteiger partial charge < -0.3 is 20.2 Å². The molecule has 11 heteroatoms. The van der Waals surface area contributed by atoms with Gasteiger partial charge in [0.2, 0.25) is 5.95 Å². The van der Waals surface area contributed by atoms with Gasteiger partial charge in [-0.1, -0.05) is 26.7 Å². The molecule has 0 atom stereocenters. The van der Waals surface area contributed by atoms with Gasteiger partial charge in [-0.05, 0) is 12.8 Å². The number of hydroxylamine groups is 2. The Morgan fingerprint density at radius 3 is 1.50 bits per heavy atom. The number of unbranched alkanes of at least 4 members (excludes halogenated alkanes) is 2. The first kappa shape index (κ1) is 22.3. The van der Waals surface area contributed by atoms with E-state index < -0.39 is 13.5 Å². The standard InChI is InChI=1S/C15H30N6O5/c1-4-6-8-25-20(11-23)14-16-13(19(3)10-22)17-15(18-14)21(12-24)26-9-7-5-2/h22-24H,4-12H2,1-3H3. The average Bonchev–Trinajstić information content (AvgIpc) is 2.67. The van der Waals surface area contributed by atoms with Gasteiger partial charge in [-0.25, -0.2) is 0 Å². The quantitative estimate of drug-likeness (QED) is 0.235. The van der Waals surface area contributed by atoms with Crippen LogP contribution in [-0.2, 0) is 9.68 Å². The van der Waals surface area contributed by atoms with Gasteiger partial charge in [0.15, 0.2) is 0 Å². The van der Waals surface area contributed by atoms with Gasteiger partial charge >= 0.3 is 0 Å². The van der Waals surface area contributed by atoms with Gasteiger partial charge in [0.05, 0.1) is 13.2 Å². The summed E-state index contributed by atoms with van der Waals surface area (Å²) < 4.78 is 0. The molecule has 0 radical (unpaired) electrons. The van der Waals surface area contributed by atoms with Gasteiger partial charge in [0.25, 0.3) is 11.9 Å². The van der Waals surface area contributed by atoms with Crippen molar-refractivity contribution in [2.75, 3.05) is 55.5 Å². The third kappa shape index (κ3) is 6.84. The number of aliphatic hydroxyl groups excluding tert-OH is 3. The van der Waals surface area contributed by atoms with Crippen LogP contribution in [-0.4, -0.2) is 70.7 Å². The Labute approximate surface area is 153 Å². The predicted molar refractivity (Wildman–Crippen MR) is 96.2 cm³/mol. The Morgan fingerprint density at radius 1 is 0.731 bits per heavy atom. The van der Waals surface area contributed by atoms with Crippen LogP contribution in [0.2, 0.25) is 0 Å². The van der Waals surface area contributed by atoms with E-state index in [2.05, 4.69) is 15.0 Å². The van der Waals surface area contributed by atoms with Crippen molar-refractivity contribution < 1.29 is 25.0 Å². The molecule has 1 aromatic heterocycles. The molecule has 0 bridgehead atoms. The molecule has 0 fully saturated rings. The Bertz CT molecular complexity index is 473. The zero-order valence-corrected chi connectivity index (χ0v) is 15.7. The van der Waals surface area contributed by atoms with Crippen LogP contribution in [0.15, 0.2) is 0 Å². The monoisotopic (exact) mass is 374 g/mol. The lowest BCUT2D eigenvalue weighted by Crippen LogP contribution is -2.32. The number of anilines is 3. The molecule has 0 unspecified atom stereocenters. The van der Waals surface area contributed by atoms with E-state index in [9.17, 15) is 15.3 Å². The molecule has 0 saturated carbocycles. The lowest BCUT2D eigenvalue weighted by Gasteiger charge is -2.24. The van der Waals surface area contributed by atoms with E-state index in [1.165, 1.54) is 4.90 Å². The van der Waals surface area contributed by atoms with Gasteiger partial charge in [-0.3, -0.25) is 9.68 Å². The molecule has 0 amide bonds. The van der Waals surface area contributed by atoms with Crippen molar-refractivity contribution in [3.05, 3.63) is 0 Å². The summed E-state index contributed by atoms with van der Waals surface area (Å²) in [6.07, 6.45) is 3.48. The second kappa shape index (κ2) is 12.5. The maximum Gasteiger partial charge on any atom is 0.258 e. The fourth-order valence-corrected chi connectivity index (χ4v) is 1.76. The lowest BCUT2D eigenvalue weighted by molar-refractivity contribution is 0.0511. The minimum Gasteiger partial charge on any atom is -0.376 e. The zero-order chi connectivity index (χ0) is 19.4. The number of hydrogen-bond acceptors (Lipinski definition) is 11. The Morgan fingerprint density at radius 2 is 1.15 bits per heavy atom. The molecule has 26 heavy (non-hydrogen) atoms. The molecule has 11 nitrogen and oxygen atoms in total. The van der Waals surface area contributed by atoms with Crippen LogP contribution in [0.5, 0.6) is 0 Å². The van der Waals surface area contributed by atoms with Crippen molar-refractivity contribution in [2.24, 2.45) is 0 Å². The highest BCUT2D eigenvalue weighted by molar-refractivity contribution is 5.43. The Kier molecular flexibility index (Phi) is 10.7. The highest BCUT2D eigenvalue weighted by Gasteiger charge is 2.19. The van der Waals surface area contributed by atoms with Gasteiger partial charge in [0.1, 0.15) is 20.2 Å². The molecule has 0 aromatic carbocycles. The van der Waals surface area contributed by atoms with Gasteiger partial charge in [-0.2, -0.15) is 25.1 Å². The Hall–Kier alpha value is -1.79.